The largest absolute Gasteiger partial charge is 0.476 e. The van der Waals surface area contributed by atoms with Gasteiger partial charge in [0.1, 0.15) is 10.00 Å². The summed E-state index contributed by atoms with van der Waals surface area (Å²) in [5.74, 6) is -3.25. The van der Waals surface area contributed by atoms with E-state index in [1.165, 1.54) is 16.7 Å². The van der Waals surface area contributed by atoms with Gasteiger partial charge >= 0.3 is 11.9 Å². The molecule has 0 saturated heterocycles. The summed E-state index contributed by atoms with van der Waals surface area (Å²) >= 11 is 13.3. The zero-order valence-electron chi connectivity index (χ0n) is 48.9. The molecule has 7 aromatic heterocycles. The number of ketones is 1. The molecule has 0 amide bonds. The molecule has 19 nitrogen and oxygen atoms in total. The molecule has 7 heterocycles. The number of fused-ring (bicyclic) bond motifs is 9. The van der Waals surface area contributed by atoms with Crippen molar-refractivity contribution >= 4 is 151 Å². The van der Waals surface area contributed by atoms with Crippen LogP contribution in [0, 0.1) is 6.57 Å². The zero-order chi connectivity index (χ0) is 65.1. The fraction of sp³-hybridized carbons (Fsp3) is 0.118. The van der Waals surface area contributed by atoms with Crippen LogP contribution in [0.3, 0.4) is 0 Å². The van der Waals surface area contributed by atoms with Crippen molar-refractivity contribution in [1.29, 1.82) is 0 Å². The Morgan fingerprint density at radius 3 is 1.21 bits per heavy atom. The van der Waals surface area contributed by atoms with Crippen LogP contribution in [-0.2, 0) is 30.7 Å². The summed E-state index contributed by atoms with van der Waals surface area (Å²) < 4.78 is 11.4. The highest BCUT2D eigenvalue weighted by Gasteiger charge is 2.18. The van der Waals surface area contributed by atoms with Gasteiger partial charge < -0.3 is 40.5 Å². The summed E-state index contributed by atoms with van der Waals surface area (Å²) in [5, 5.41) is 29.6. The van der Waals surface area contributed by atoms with Gasteiger partial charge in [-0.3, -0.25) is 32.9 Å². The summed E-state index contributed by atoms with van der Waals surface area (Å²) in [6.07, 6.45) is 0. The summed E-state index contributed by atoms with van der Waals surface area (Å²) in [5.41, 5.74) is 23.6. The molecule has 0 saturated carbocycles. The highest BCUT2D eigenvalue weighted by atomic mass is 79.9. The number of carbonyl (C=O) groups is 3. The Morgan fingerprint density at radius 1 is 0.571 bits per heavy atom. The number of benzene rings is 6. The van der Waals surface area contributed by atoms with Crippen molar-refractivity contribution in [3.63, 3.8) is 0 Å². The first-order valence-corrected chi connectivity index (χ1v) is 30.1. The number of aliphatic hydroxyl groups is 1. The van der Waals surface area contributed by atoms with Crippen LogP contribution in [0.1, 0.15) is 37.3 Å². The van der Waals surface area contributed by atoms with E-state index < -0.39 is 17.7 Å². The molecule has 6 aromatic carbocycles. The van der Waals surface area contributed by atoms with Gasteiger partial charge in [0.2, 0.25) is 5.78 Å². The summed E-state index contributed by atoms with van der Waals surface area (Å²) in [6, 6.07) is 56.5. The number of aryl methyl sites for hydroxylation is 3. The minimum atomic E-state index is -1.39. The Labute approximate surface area is 544 Å². The second-order valence-corrected chi connectivity index (χ2v) is 22.2. The maximum atomic E-state index is 12.8. The number of hydrogen-bond acceptors (Lipinski definition) is 11. The van der Waals surface area contributed by atoms with Crippen LogP contribution >= 0.6 is 51.7 Å². The molecule has 91 heavy (non-hydrogen) atoms. The predicted octanol–water partition coefficient (Wildman–Crippen LogP) is 12.4. The number of carbonyl (C=O) groups excluding carboxylic acids is 1. The van der Waals surface area contributed by atoms with Crippen LogP contribution < -0.4 is 28.1 Å². The van der Waals surface area contributed by atoms with Crippen molar-refractivity contribution in [2.24, 2.45) is 32.6 Å². The molecule has 13 aromatic rings. The van der Waals surface area contributed by atoms with E-state index >= 15 is 0 Å². The molecule has 0 aliphatic carbocycles. The van der Waals surface area contributed by atoms with Crippen molar-refractivity contribution in [3.05, 3.63) is 241 Å². The topological polar surface area (TPSA) is 262 Å². The maximum absolute atomic E-state index is 12.8. The minimum Gasteiger partial charge on any atom is -0.476 e. The van der Waals surface area contributed by atoms with E-state index in [-0.39, 0.29) is 41.7 Å². The Morgan fingerprint density at radius 2 is 0.912 bits per heavy atom. The summed E-state index contributed by atoms with van der Waals surface area (Å²) in [7, 11) is 6.00. The van der Waals surface area contributed by atoms with Gasteiger partial charge in [0.05, 0.1) is 66.5 Å². The predicted molar refractivity (Wildman–Crippen MR) is 377 cm³/mol. The number of halogens is 1. The van der Waals surface area contributed by atoms with Crippen LogP contribution in [-0.4, -0.2) is 87.3 Å². The Hall–Kier alpha value is -10.5. The number of thiazole rings is 1. The van der Waals surface area contributed by atoms with Gasteiger partial charge in [-0.2, -0.15) is 0 Å². The number of aliphatic carboxylic acids is 1. The number of thiocarbonyl (C=S) groups is 2. The molecule has 0 aliphatic heterocycles. The molecule has 0 fully saturated rings. The Balaban J connectivity index is 0.000000175. The second kappa shape index (κ2) is 30.1. The first kappa shape index (κ1) is 68.0. The van der Waals surface area contributed by atoms with Gasteiger partial charge in [-0.1, -0.05) is 115 Å². The number of aromatic nitrogens is 7. The van der Waals surface area contributed by atoms with Crippen LogP contribution in [0.4, 0.5) is 5.69 Å². The van der Waals surface area contributed by atoms with Crippen molar-refractivity contribution in [2.45, 2.75) is 21.3 Å². The number of rotatable bonds is 8. The van der Waals surface area contributed by atoms with Crippen molar-refractivity contribution in [2.75, 3.05) is 11.9 Å². The molecular weight excluding hydrogens is 1280 g/mol. The molecule has 0 unspecified atom stereocenters. The number of nitrogens with zero attached hydrogens (tertiary/aromatic N) is 8. The molecule has 0 radical (unpaired) electrons. The number of hydrogen-bond donors (Lipinski definition) is 5. The van der Waals surface area contributed by atoms with E-state index in [1.807, 2.05) is 167 Å². The van der Waals surface area contributed by atoms with Crippen LogP contribution in [0.15, 0.2) is 202 Å². The molecule has 0 spiro atoms. The van der Waals surface area contributed by atoms with E-state index in [4.69, 9.17) is 45.6 Å². The van der Waals surface area contributed by atoms with E-state index in [1.54, 1.807) is 57.9 Å². The monoisotopic (exact) mass is 1340 g/mol. The lowest BCUT2D eigenvalue weighted by Crippen LogP contribution is -2.17. The number of carboxylic acids is 2. The number of para-hydroxylation sites is 3. The Kier molecular flexibility index (Phi) is 22.5. The molecule has 0 bridgehead atoms. The number of aromatic carboxylic acids is 1. The smallest absolute Gasteiger partial charge is 0.373 e. The number of Topliss-reactive ketones (excluding diaryl/α,β-unsaturated/α-hetero) is 1. The highest BCUT2D eigenvalue weighted by Crippen LogP contribution is 2.33. The second-order valence-electron chi connectivity index (χ2n) is 19.7. The van der Waals surface area contributed by atoms with Crippen LogP contribution in [0.25, 0.3) is 98.3 Å². The quantitative estimate of drug-likeness (QED) is 0.0410. The Bertz CT molecular complexity index is 5110. The van der Waals surface area contributed by atoms with Gasteiger partial charge in [0.25, 0.3) is 16.7 Å². The number of carboxylic acid groups (broad SMARTS) is 2. The van der Waals surface area contributed by atoms with E-state index in [0.717, 1.165) is 94.0 Å². The molecule has 7 N–H and O–H groups in total. The minimum absolute atomic E-state index is 0. The number of alkyl halides is 1. The normalized spacial score (nSPS) is 10.4. The zero-order valence-corrected chi connectivity index (χ0v) is 53.0. The first-order valence-electron chi connectivity index (χ1n) is 27.3. The van der Waals surface area contributed by atoms with Crippen LogP contribution in [0.5, 0.6) is 0 Å². The van der Waals surface area contributed by atoms with Crippen LogP contribution in [0.2, 0.25) is 0 Å². The molecule has 23 heteroatoms. The van der Waals surface area contributed by atoms with Crippen molar-refractivity contribution < 1.29 is 29.7 Å². The van der Waals surface area contributed by atoms with Crippen molar-refractivity contribution in [1.82, 2.24) is 32.4 Å². The fourth-order valence-corrected chi connectivity index (χ4v) is 11.2. The molecule has 0 atom stereocenters. The number of aliphatic hydroxyl groups excluding tert-OH is 1. The average molecular weight is 1340 g/mol. The fourth-order valence-electron chi connectivity index (χ4n) is 10.00. The average Bonchev–Trinajstić information content (AvgIpc) is 1.63. The molecule has 462 valence electrons. The van der Waals surface area contributed by atoms with Gasteiger partial charge in [-0.05, 0) is 111 Å². The molecule has 0 aliphatic rings. The molecular formula is C68H61BrN10O9S3. The lowest BCUT2D eigenvalue weighted by Gasteiger charge is -2.09. The third kappa shape index (κ3) is 14.7. The van der Waals surface area contributed by atoms with E-state index in [0.29, 0.717) is 20.7 Å². The summed E-state index contributed by atoms with van der Waals surface area (Å²) in [6.45, 7) is 10.7. The first-order chi connectivity index (χ1) is 43.1. The standard InChI is InChI=1S/C22H15N3O3S.C19H15N3OS.C19H13N3O.C3H3BrO3.C2H5NS.C2H6O.CH4/c1-24-17-5-3-2-4-15(17)20-18(24)10-11-19(26)25(20)14-8-6-13(7-9-14)21-23-16(12-29-21)22(27)28;1-21-15-5-3-2-4-14(15)18-16(21)10-11-17(23)22(18)13-8-6-12(7-9-13)19(20)24;1-20-13-7-9-14(10-8-13)22-18(23)12-11-17-19(22)15-5-3-4-6-16(15)21(17)2;4-1-2(5)3(6)7;1-2(3)4;1-2-3;/h2-12H,1H3,(H,27,28);2-11H,1H3,(H2,20,24);3-12H,2H3;1H2,(H,6,7);1H3,(H2,3,4);3H,2H2,1H3;1H4. The highest BCUT2D eigenvalue weighted by molar-refractivity contribution is 9.09. The number of pyridine rings is 3. The van der Waals surface area contributed by atoms with E-state index in [9.17, 15) is 28.8 Å². The summed E-state index contributed by atoms with van der Waals surface area (Å²) in [4.78, 5) is 76.8. The maximum Gasteiger partial charge on any atom is 0.373 e. The van der Waals surface area contributed by atoms with Gasteiger partial charge in [-0.25, -0.2) is 19.4 Å². The SMILES string of the molecule is C.CC(N)=S.CCO.Cn1c2ccccc2c2c1ccc(=O)n2-c1ccc(-c2nc(C(=O)O)cs2)cc1.Cn1c2ccccc2c2c1ccc(=O)n2-c1ccc(C(N)=S)cc1.O=C(O)C(=O)CBr.[C-]#[N+]c1ccc(-n2c(=O)ccc3c2c2ccccc2n3C)cc1. The van der Waals surface area contributed by atoms with Gasteiger partial charge in [-0.15, -0.1) is 11.3 Å². The van der Waals surface area contributed by atoms with Crippen molar-refractivity contribution in [3.8, 4) is 27.6 Å². The third-order valence-corrected chi connectivity index (χ3v) is 15.6. The van der Waals surface area contributed by atoms with Gasteiger partial charge in [0.15, 0.2) is 11.4 Å². The number of nitrogens with two attached hydrogens (primary N) is 2. The van der Waals surface area contributed by atoms with E-state index in [2.05, 4.69) is 57.7 Å². The third-order valence-electron chi connectivity index (χ3n) is 14.0. The van der Waals surface area contributed by atoms with Gasteiger partial charge in [0, 0.05) is 95.7 Å². The molecule has 13 rings (SSSR count). The lowest BCUT2D eigenvalue weighted by molar-refractivity contribution is -0.147. The lowest BCUT2D eigenvalue weighted by atomic mass is 10.2.